The van der Waals surface area contributed by atoms with Crippen molar-refractivity contribution in [2.75, 3.05) is 28.4 Å². The van der Waals surface area contributed by atoms with Crippen molar-refractivity contribution in [2.24, 2.45) is 12.0 Å². The van der Waals surface area contributed by atoms with Crippen molar-refractivity contribution in [3.05, 3.63) is 35.2 Å². The summed E-state index contributed by atoms with van der Waals surface area (Å²) in [5, 5.41) is 9.38. The standard InChI is InChI=1S/C18H24F3N5O3/c1-22-17(24-9-12-10-26(2)25-16(12)18(19,20)21)23-8-11-6-13(27-3)15(29-5)14(7-11)28-4/h6-7,10H,8-9H2,1-5H3,(H2,22,23,24). The highest BCUT2D eigenvalue weighted by molar-refractivity contribution is 5.79. The number of rotatable bonds is 7. The number of nitrogens with zero attached hydrogens (tertiary/aromatic N) is 3. The fourth-order valence-corrected chi connectivity index (χ4v) is 2.73. The largest absolute Gasteiger partial charge is 0.493 e. The maximum absolute atomic E-state index is 13.1. The number of alkyl halides is 3. The normalized spacial score (nSPS) is 11.9. The van der Waals surface area contributed by atoms with Gasteiger partial charge < -0.3 is 24.8 Å². The van der Waals surface area contributed by atoms with Crippen LogP contribution in [0.25, 0.3) is 0 Å². The van der Waals surface area contributed by atoms with Gasteiger partial charge in [-0.25, -0.2) is 0 Å². The molecule has 1 aromatic carbocycles. The summed E-state index contributed by atoms with van der Waals surface area (Å²) in [6, 6.07) is 3.54. The number of halogens is 3. The molecule has 160 valence electrons. The van der Waals surface area contributed by atoms with Gasteiger partial charge in [-0.2, -0.15) is 18.3 Å². The van der Waals surface area contributed by atoms with Crippen molar-refractivity contribution >= 4 is 5.96 Å². The molecule has 29 heavy (non-hydrogen) atoms. The highest BCUT2D eigenvalue weighted by Gasteiger charge is 2.36. The Balaban J connectivity index is 2.07. The summed E-state index contributed by atoms with van der Waals surface area (Å²) in [6.45, 7) is 0.243. The molecular formula is C18H24F3N5O3. The Morgan fingerprint density at radius 2 is 1.66 bits per heavy atom. The number of aryl methyl sites for hydroxylation is 1. The molecule has 11 heteroatoms. The van der Waals surface area contributed by atoms with E-state index >= 15 is 0 Å². The van der Waals surface area contributed by atoms with Gasteiger partial charge in [-0.05, 0) is 17.7 Å². The third-order valence-corrected chi connectivity index (χ3v) is 4.03. The second-order valence-corrected chi connectivity index (χ2v) is 5.99. The third-order valence-electron chi connectivity index (χ3n) is 4.03. The first kappa shape index (κ1) is 22.2. The third kappa shape index (κ3) is 5.46. The SMILES string of the molecule is CN=C(NCc1cc(OC)c(OC)c(OC)c1)NCc1cn(C)nc1C(F)(F)F. The Morgan fingerprint density at radius 1 is 1.07 bits per heavy atom. The van der Waals surface area contributed by atoms with Gasteiger partial charge >= 0.3 is 6.18 Å². The van der Waals surface area contributed by atoms with Crippen LogP contribution in [0.2, 0.25) is 0 Å². The van der Waals surface area contributed by atoms with Crippen LogP contribution in [0.1, 0.15) is 16.8 Å². The summed E-state index contributed by atoms with van der Waals surface area (Å²) in [6.07, 6.45) is -3.20. The van der Waals surface area contributed by atoms with Crippen molar-refractivity contribution in [1.29, 1.82) is 0 Å². The number of hydrogen-bond donors (Lipinski definition) is 2. The summed E-state index contributed by atoms with van der Waals surface area (Å²) in [4.78, 5) is 4.03. The topological polar surface area (TPSA) is 81.9 Å². The maximum Gasteiger partial charge on any atom is 0.435 e. The van der Waals surface area contributed by atoms with E-state index in [1.807, 2.05) is 0 Å². The first-order valence-corrected chi connectivity index (χ1v) is 8.56. The van der Waals surface area contributed by atoms with Gasteiger partial charge in [0.15, 0.2) is 23.2 Å². The maximum atomic E-state index is 13.1. The van der Waals surface area contributed by atoms with Crippen molar-refractivity contribution in [3.63, 3.8) is 0 Å². The summed E-state index contributed by atoms with van der Waals surface area (Å²) in [5.74, 6) is 1.79. The Labute approximate surface area is 166 Å². The predicted octanol–water partition coefficient (Wildman–Crippen LogP) is 2.33. The molecule has 0 fully saturated rings. The molecule has 1 aromatic heterocycles. The van der Waals surface area contributed by atoms with Crippen LogP contribution >= 0.6 is 0 Å². The average Bonchev–Trinajstić information content (AvgIpc) is 3.08. The lowest BCUT2D eigenvalue weighted by molar-refractivity contribution is -0.142. The second kappa shape index (κ2) is 9.39. The van der Waals surface area contributed by atoms with Gasteiger partial charge in [-0.1, -0.05) is 0 Å². The summed E-state index contributed by atoms with van der Waals surface area (Å²) in [5.41, 5.74) is -0.0943. The first-order chi connectivity index (χ1) is 13.7. The Bertz CT molecular complexity index is 840. The van der Waals surface area contributed by atoms with Crippen LogP contribution in [0.4, 0.5) is 13.2 Å². The van der Waals surface area contributed by atoms with Crippen LogP contribution in [-0.4, -0.2) is 44.1 Å². The van der Waals surface area contributed by atoms with Gasteiger partial charge in [-0.15, -0.1) is 0 Å². The molecule has 0 saturated heterocycles. The molecule has 2 N–H and O–H groups in total. The average molecular weight is 415 g/mol. The zero-order chi connectivity index (χ0) is 21.6. The van der Waals surface area contributed by atoms with E-state index in [1.54, 1.807) is 12.1 Å². The van der Waals surface area contributed by atoms with Gasteiger partial charge in [0.25, 0.3) is 0 Å². The quantitative estimate of drug-likeness (QED) is 0.534. The Kier molecular flexibility index (Phi) is 7.18. The Morgan fingerprint density at radius 3 is 2.14 bits per heavy atom. The summed E-state index contributed by atoms with van der Waals surface area (Å²) >= 11 is 0. The van der Waals surface area contributed by atoms with E-state index in [1.165, 1.54) is 41.6 Å². The molecule has 0 bridgehead atoms. The fourth-order valence-electron chi connectivity index (χ4n) is 2.73. The number of aromatic nitrogens is 2. The molecule has 2 rings (SSSR count). The molecule has 0 saturated carbocycles. The van der Waals surface area contributed by atoms with Crippen LogP contribution in [0, 0.1) is 0 Å². The second-order valence-electron chi connectivity index (χ2n) is 5.99. The monoisotopic (exact) mass is 415 g/mol. The van der Waals surface area contributed by atoms with Crippen LogP contribution in [0.5, 0.6) is 17.2 Å². The molecule has 1 heterocycles. The van der Waals surface area contributed by atoms with Crippen LogP contribution < -0.4 is 24.8 Å². The minimum atomic E-state index is -4.52. The molecule has 0 aliphatic heterocycles. The van der Waals surface area contributed by atoms with Crippen LogP contribution in [0.3, 0.4) is 0 Å². The lowest BCUT2D eigenvalue weighted by Crippen LogP contribution is -2.36. The van der Waals surface area contributed by atoms with Gasteiger partial charge in [-0.3, -0.25) is 9.67 Å². The lowest BCUT2D eigenvalue weighted by atomic mass is 10.2. The van der Waals surface area contributed by atoms with E-state index < -0.39 is 11.9 Å². The number of guanidine groups is 1. The molecule has 8 nitrogen and oxygen atoms in total. The molecule has 0 radical (unpaired) electrons. The van der Waals surface area contributed by atoms with E-state index in [9.17, 15) is 13.2 Å². The molecule has 0 atom stereocenters. The molecule has 0 unspecified atom stereocenters. The summed E-state index contributed by atoms with van der Waals surface area (Å²) < 4.78 is 56.2. The molecular weight excluding hydrogens is 391 g/mol. The van der Waals surface area contributed by atoms with E-state index in [2.05, 4.69) is 20.7 Å². The minimum Gasteiger partial charge on any atom is -0.493 e. The van der Waals surface area contributed by atoms with Crippen molar-refractivity contribution < 1.29 is 27.4 Å². The highest BCUT2D eigenvalue weighted by Crippen LogP contribution is 2.38. The summed E-state index contributed by atoms with van der Waals surface area (Å²) in [7, 11) is 7.51. The molecule has 0 spiro atoms. The van der Waals surface area contributed by atoms with E-state index in [0.29, 0.717) is 29.8 Å². The van der Waals surface area contributed by atoms with Gasteiger partial charge in [0.2, 0.25) is 5.75 Å². The van der Waals surface area contributed by atoms with Crippen molar-refractivity contribution in [1.82, 2.24) is 20.4 Å². The van der Waals surface area contributed by atoms with E-state index in [4.69, 9.17) is 14.2 Å². The van der Waals surface area contributed by atoms with Gasteiger partial charge in [0, 0.05) is 38.9 Å². The molecule has 0 aliphatic carbocycles. The van der Waals surface area contributed by atoms with Gasteiger partial charge in [0.1, 0.15) is 0 Å². The van der Waals surface area contributed by atoms with Crippen molar-refractivity contribution in [2.45, 2.75) is 19.3 Å². The number of benzene rings is 1. The number of methoxy groups -OCH3 is 3. The van der Waals surface area contributed by atoms with Crippen LogP contribution in [-0.2, 0) is 26.3 Å². The first-order valence-electron chi connectivity index (χ1n) is 8.56. The molecule has 0 amide bonds. The number of ether oxygens (including phenoxy) is 3. The fraction of sp³-hybridized carbons (Fsp3) is 0.444. The number of aliphatic imine (C=N–C) groups is 1. The smallest absolute Gasteiger partial charge is 0.435 e. The minimum absolute atomic E-state index is 0.0238. The van der Waals surface area contributed by atoms with Gasteiger partial charge in [0.05, 0.1) is 21.3 Å². The van der Waals surface area contributed by atoms with Crippen LogP contribution in [0.15, 0.2) is 23.3 Å². The zero-order valence-corrected chi connectivity index (χ0v) is 16.8. The highest BCUT2D eigenvalue weighted by atomic mass is 19.4. The predicted molar refractivity (Wildman–Crippen MR) is 101 cm³/mol. The zero-order valence-electron chi connectivity index (χ0n) is 16.8. The van der Waals surface area contributed by atoms with E-state index in [-0.39, 0.29) is 12.1 Å². The van der Waals surface area contributed by atoms with Crippen molar-refractivity contribution in [3.8, 4) is 17.2 Å². The number of hydrogen-bond acceptors (Lipinski definition) is 5. The number of nitrogens with one attached hydrogen (secondary N) is 2. The molecule has 0 aliphatic rings. The molecule has 2 aromatic rings. The lowest BCUT2D eigenvalue weighted by Gasteiger charge is -2.16. The van der Waals surface area contributed by atoms with E-state index in [0.717, 1.165) is 10.2 Å². The Hall–Kier alpha value is -3.11.